The second kappa shape index (κ2) is 4.41. The molecule has 0 bridgehead atoms. The molecule has 2 rings (SSSR count). The van der Waals surface area contributed by atoms with E-state index < -0.39 is 5.97 Å². The van der Waals surface area contributed by atoms with Crippen molar-refractivity contribution in [2.45, 2.75) is 9.37 Å². The van der Waals surface area contributed by atoms with E-state index in [-0.39, 0.29) is 5.56 Å². The van der Waals surface area contributed by atoms with Gasteiger partial charge in [-0.3, -0.25) is 0 Å². The third-order valence-corrected chi connectivity index (χ3v) is 3.40. The molecule has 0 aliphatic carbocycles. The maximum Gasteiger partial charge on any atom is 0.335 e. The Balaban J connectivity index is 2.22. The Kier molecular flexibility index (Phi) is 2.98. The van der Waals surface area contributed by atoms with Gasteiger partial charge in [-0.1, -0.05) is 0 Å². The van der Waals surface area contributed by atoms with Crippen LogP contribution in [0.3, 0.4) is 0 Å². The highest BCUT2D eigenvalue weighted by Crippen LogP contribution is 2.27. The van der Waals surface area contributed by atoms with Crippen molar-refractivity contribution in [1.82, 2.24) is 9.97 Å². The summed E-state index contributed by atoms with van der Waals surface area (Å²) in [5.41, 5.74) is 0.240. The maximum absolute atomic E-state index is 10.7. The molecule has 2 aromatic heterocycles. The molecule has 0 amide bonds. The zero-order valence-electron chi connectivity index (χ0n) is 7.45. The van der Waals surface area contributed by atoms with Crippen LogP contribution >= 0.6 is 23.1 Å². The molecule has 0 aromatic carbocycles. The van der Waals surface area contributed by atoms with E-state index in [1.807, 2.05) is 5.38 Å². The van der Waals surface area contributed by atoms with Crippen molar-refractivity contribution >= 4 is 29.1 Å². The lowest BCUT2D eigenvalue weighted by Crippen LogP contribution is -1.96. The van der Waals surface area contributed by atoms with Crippen molar-refractivity contribution in [2.24, 2.45) is 0 Å². The Morgan fingerprint density at radius 1 is 1.40 bits per heavy atom. The first kappa shape index (κ1) is 10.1. The molecule has 0 unspecified atom stereocenters. The Morgan fingerprint density at radius 2 is 2.27 bits per heavy atom. The van der Waals surface area contributed by atoms with Gasteiger partial charge in [-0.15, -0.1) is 11.3 Å². The van der Waals surface area contributed by atoms with Crippen LogP contribution in [-0.2, 0) is 0 Å². The number of aromatic nitrogens is 2. The zero-order chi connectivity index (χ0) is 10.7. The van der Waals surface area contributed by atoms with Crippen molar-refractivity contribution in [1.29, 1.82) is 0 Å². The Bertz CT molecular complexity index is 471. The molecule has 0 saturated heterocycles. The molecule has 0 aliphatic rings. The van der Waals surface area contributed by atoms with Crippen LogP contribution in [-0.4, -0.2) is 21.0 Å². The fraction of sp³-hybridized carbons (Fsp3) is 0. The summed E-state index contributed by atoms with van der Waals surface area (Å²) in [7, 11) is 0. The number of rotatable bonds is 3. The molecule has 15 heavy (non-hydrogen) atoms. The molecule has 0 aliphatic heterocycles. The minimum atomic E-state index is -0.946. The molecular weight excluding hydrogens is 232 g/mol. The van der Waals surface area contributed by atoms with E-state index >= 15 is 0 Å². The van der Waals surface area contributed by atoms with Crippen LogP contribution in [0.25, 0.3) is 0 Å². The number of carbonyl (C=O) groups is 1. The summed E-state index contributed by atoms with van der Waals surface area (Å²) in [6.45, 7) is 0. The molecule has 2 heterocycles. The summed E-state index contributed by atoms with van der Waals surface area (Å²) in [6.07, 6.45) is 3.19. The number of hydrogen-bond acceptors (Lipinski definition) is 5. The number of carboxylic acids is 1. The van der Waals surface area contributed by atoms with Gasteiger partial charge in [-0.25, -0.2) is 14.8 Å². The molecule has 0 atom stereocenters. The highest BCUT2D eigenvalue weighted by molar-refractivity contribution is 8.00. The Labute approximate surface area is 94.0 Å². The second-order valence-electron chi connectivity index (χ2n) is 2.59. The van der Waals surface area contributed by atoms with Crippen molar-refractivity contribution in [2.75, 3.05) is 0 Å². The van der Waals surface area contributed by atoms with E-state index in [4.69, 9.17) is 5.11 Å². The molecule has 1 N–H and O–H groups in total. The number of hydrogen-bond donors (Lipinski definition) is 1. The van der Waals surface area contributed by atoms with E-state index in [9.17, 15) is 4.79 Å². The van der Waals surface area contributed by atoms with Crippen LogP contribution in [0.4, 0.5) is 0 Å². The van der Waals surface area contributed by atoms with Crippen LogP contribution in [0.2, 0.25) is 0 Å². The fourth-order valence-corrected chi connectivity index (χ4v) is 2.52. The average molecular weight is 238 g/mol. The molecule has 2 aromatic rings. The number of nitrogens with zero attached hydrogens (tertiary/aromatic N) is 2. The summed E-state index contributed by atoms with van der Waals surface area (Å²) in [5, 5.41) is 11.3. The largest absolute Gasteiger partial charge is 0.478 e. The first-order valence-corrected chi connectivity index (χ1v) is 5.72. The number of carboxylic acid groups (broad SMARTS) is 1. The molecule has 4 nitrogen and oxygen atoms in total. The quantitative estimate of drug-likeness (QED) is 0.889. The predicted molar refractivity (Wildman–Crippen MR) is 57.4 cm³/mol. The predicted octanol–water partition coefficient (Wildman–Crippen LogP) is 2.39. The fourth-order valence-electron chi connectivity index (χ4n) is 0.948. The lowest BCUT2D eigenvalue weighted by Gasteiger charge is -1.98. The summed E-state index contributed by atoms with van der Waals surface area (Å²) in [6, 6.07) is 3.00. The number of aromatic carboxylic acids is 1. The molecule has 0 spiro atoms. The van der Waals surface area contributed by atoms with E-state index in [0.29, 0.717) is 5.03 Å². The van der Waals surface area contributed by atoms with Crippen molar-refractivity contribution < 1.29 is 9.90 Å². The van der Waals surface area contributed by atoms with Crippen LogP contribution in [0.15, 0.2) is 39.3 Å². The standard InChI is InChI=1S/C9H6N2O2S2/c12-8(13)6-1-2-10-7(5-6)15-9-11-3-4-14-9/h1-5H,(H,12,13). The molecule has 6 heteroatoms. The minimum Gasteiger partial charge on any atom is -0.478 e. The van der Waals surface area contributed by atoms with Gasteiger partial charge in [0.15, 0.2) is 4.34 Å². The summed E-state index contributed by atoms with van der Waals surface area (Å²) in [5.74, 6) is -0.946. The number of thiazole rings is 1. The topological polar surface area (TPSA) is 63.1 Å². The Hall–Kier alpha value is -1.40. The second-order valence-corrected chi connectivity index (χ2v) is 4.75. The third kappa shape index (κ3) is 2.54. The third-order valence-electron chi connectivity index (χ3n) is 1.58. The summed E-state index contributed by atoms with van der Waals surface area (Å²) < 4.78 is 0.852. The van der Waals surface area contributed by atoms with Crippen molar-refractivity contribution in [3.63, 3.8) is 0 Å². The van der Waals surface area contributed by atoms with Crippen molar-refractivity contribution in [3.05, 3.63) is 35.5 Å². The first-order valence-electron chi connectivity index (χ1n) is 4.02. The van der Waals surface area contributed by atoms with E-state index in [1.165, 1.54) is 41.4 Å². The molecule has 0 saturated carbocycles. The van der Waals surface area contributed by atoms with E-state index in [1.54, 1.807) is 6.20 Å². The Morgan fingerprint density at radius 3 is 2.93 bits per heavy atom. The summed E-state index contributed by atoms with van der Waals surface area (Å²) >= 11 is 2.86. The van der Waals surface area contributed by atoms with Crippen LogP contribution < -0.4 is 0 Å². The lowest BCUT2D eigenvalue weighted by molar-refractivity contribution is 0.0696. The lowest BCUT2D eigenvalue weighted by atomic mass is 10.3. The monoisotopic (exact) mass is 238 g/mol. The zero-order valence-corrected chi connectivity index (χ0v) is 9.09. The molecule has 0 radical (unpaired) electrons. The van der Waals surface area contributed by atoms with Gasteiger partial charge in [-0.2, -0.15) is 0 Å². The van der Waals surface area contributed by atoms with Gasteiger partial charge >= 0.3 is 5.97 Å². The van der Waals surface area contributed by atoms with Crippen LogP contribution in [0, 0.1) is 0 Å². The highest BCUT2D eigenvalue weighted by atomic mass is 32.2. The van der Waals surface area contributed by atoms with Crippen LogP contribution in [0.5, 0.6) is 0 Å². The van der Waals surface area contributed by atoms with Gasteiger partial charge < -0.3 is 5.11 Å². The van der Waals surface area contributed by atoms with E-state index in [0.717, 1.165) is 4.34 Å². The SMILES string of the molecule is O=C(O)c1ccnc(Sc2nccs2)c1. The molecule has 0 fully saturated rings. The van der Waals surface area contributed by atoms with Gasteiger partial charge in [0, 0.05) is 17.8 Å². The summed E-state index contributed by atoms with van der Waals surface area (Å²) in [4.78, 5) is 18.8. The minimum absolute atomic E-state index is 0.240. The van der Waals surface area contributed by atoms with Crippen molar-refractivity contribution in [3.8, 4) is 0 Å². The van der Waals surface area contributed by atoms with Gasteiger partial charge in [-0.05, 0) is 23.9 Å². The smallest absolute Gasteiger partial charge is 0.335 e. The van der Waals surface area contributed by atoms with Gasteiger partial charge in [0.1, 0.15) is 5.03 Å². The van der Waals surface area contributed by atoms with Gasteiger partial charge in [0.25, 0.3) is 0 Å². The molecule has 76 valence electrons. The number of pyridine rings is 1. The normalized spacial score (nSPS) is 10.1. The van der Waals surface area contributed by atoms with E-state index in [2.05, 4.69) is 9.97 Å². The van der Waals surface area contributed by atoms with Gasteiger partial charge in [0.05, 0.1) is 5.56 Å². The average Bonchev–Trinajstić information content (AvgIpc) is 2.71. The first-order chi connectivity index (χ1) is 7.25. The van der Waals surface area contributed by atoms with Crippen LogP contribution in [0.1, 0.15) is 10.4 Å². The maximum atomic E-state index is 10.7. The highest BCUT2D eigenvalue weighted by Gasteiger charge is 2.06. The molecular formula is C9H6N2O2S2. The van der Waals surface area contributed by atoms with Gasteiger partial charge in [0.2, 0.25) is 0 Å².